The Bertz CT molecular complexity index is 987. The van der Waals surface area contributed by atoms with Crippen molar-refractivity contribution in [3.8, 4) is 5.75 Å². The van der Waals surface area contributed by atoms with Crippen LogP contribution in [0, 0.1) is 10.1 Å². The summed E-state index contributed by atoms with van der Waals surface area (Å²) in [5, 5.41) is 16.7. The molecule has 1 aromatic carbocycles. The Labute approximate surface area is 181 Å². The molecule has 0 atom stereocenters. The van der Waals surface area contributed by atoms with Gasteiger partial charge in [0.05, 0.1) is 17.6 Å². The van der Waals surface area contributed by atoms with Crippen molar-refractivity contribution < 1.29 is 24.0 Å². The molecule has 3 rings (SSSR count). The van der Waals surface area contributed by atoms with Crippen molar-refractivity contribution in [2.75, 3.05) is 19.0 Å². The van der Waals surface area contributed by atoms with Crippen LogP contribution in [-0.4, -0.2) is 35.6 Å². The minimum absolute atomic E-state index is 0.0380. The number of non-ortho nitro benzene ring substituents is 1. The number of fused-ring (bicyclic) bond motifs is 1. The minimum Gasteiger partial charge on any atom is -0.484 e. The summed E-state index contributed by atoms with van der Waals surface area (Å²) in [6, 6.07) is 5.38. The Kier molecular flexibility index (Phi) is 6.95. The molecule has 1 heterocycles. The van der Waals surface area contributed by atoms with Gasteiger partial charge in [-0.05, 0) is 55.6 Å². The first-order valence-corrected chi connectivity index (χ1v) is 10.3. The van der Waals surface area contributed by atoms with Gasteiger partial charge < -0.3 is 14.8 Å². The standard InChI is InChI=1S/C19H19N3O6S2/c1-27-18(24)16-13-4-2-3-5-14(13)30-17(16)21-19(29)20-15(23)10-28-12-8-6-11(7-9-12)22(25)26/h6-9H,2-5,10H2,1H3,(H2,20,21,23,29). The van der Waals surface area contributed by atoms with Crippen LogP contribution in [0.25, 0.3) is 0 Å². The maximum absolute atomic E-state index is 12.2. The number of benzene rings is 1. The lowest BCUT2D eigenvalue weighted by molar-refractivity contribution is -0.384. The molecule has 1 amide bonds. The second-order valence-corrected chi connectivity index (χ2v) is 7.96. The van der Waals surface area contributed by atoms with E-state index in [-0.39, 0.29) is 17.4 Å². The van der Waals surface area contributed by atoms with Crippen molar-refractivity contribution in [1.29, 1.82) is 0 Å². The Morgan fingerprint density at radius 1 is 1.23 bits per heavy atom. The summed E-state index contributed by atoms with van der Waals surface area (Å²) in [5.74, 6) is -0.632. The monoisotopic (exact) mass is 449 g/mol. The molecule has 0 saturated carbocycles. The van der Waals surface area contributed by atoms with Crippen molar-refractivity contribution in [3.05, 3.63) is 50.4 Å². The summed E-state index contributed by atoms with van der Waals surface area (Å²) in [4.78, 5) is 35.6. The lowest BCUT2D eigenvalue weighted by Crippen LogP contribution is -2.37. The number of esters is 1. The number of carbonyl (C=O) groups excluding carboxylic acids is 2. The van der Waals surface area contributed by atoms with Gasteiger partial charge in [0.25, 0.3) is 11.6 Å². The number of ether oxygens (including phenoxy) is 2. The summed E-state index contributed by atoms with van der Waals surface area (Å²) in [6.45, 7) is -0.329. The first-order chi connectivity index (χ1) is 14.4. The number of nitrogens with one attached hydrogen (secondary N) is 2. The molecule has 30 heavy (non-hydrogen) atoms. The van der Waals surface area contributed by atoms with Gasteiger partial charge in [-0.2, -0.15) is 0 Å². The molecule has 11 heteroatoms. The van der Waals surface area contributed by atoms with E-state index < -0.39 is 16.8 Å². The summed E-state index contributed by atoms with van der Waals surface area (Å²) in [5.41, 5.74) is 1.38. The van der Waals surface area contributed by atoms with E-state index in [0.29, 0.717) is 16.3 Å². The molecule has 1 aliphatic rings. The van der Waals surface area contributed by atoms with Gasteiger partial charge in [-0.3, -0.25) is 20.2 Å². The van der Waals surface area contributed by atoms with E-state index in [4.69, 9.17) is 21.7 Å². The maximum atomic E-state index is 12.2. The number of hydrogen-bond acceptors (Lipinski definition) is 8. The fourth-order valence-corrected chi connectivity index (χ4v) is 4.64. The Morgan fingerprint density at radius 3 is 2.60 bits per heavy atom. The third kappa shape index (κ3) is 5.10. The molecule has 0 unspecified atom stereocenters. The molecule has 2 N–H and O–H groups in total. The van der Waals surface area contributed by atoms with Gasteiger partial charge in [0, 0.05) is 17.0 Å². The minimum atomic E-state index is -0.522. The molecule has 2 aromatic rings. The fourth-order valence-electron chi connectivity index (χ4n) is 3.08. The van der Waals surface area contributed by atoms with Gasteiger partial charge >= 0.3 is 5.97 Å². The highest BCUT2D eigenvalue weighted by molar-refractivity contribution is 7.80. The van der Waals surface area contributed by atoms with E-state index in [1.165, 1.54) is 42.7 Å². The number of carbonyl (C=O) groups is 2. The molecule has 0 bridgehead atoms. The predicted molar refractivity (Wildman–Crippen MR) is 115 cm³/mol. The van der Waals surface area contributed by atoms with Crippen molar-refractivity contribution >= 4 is 51.2 Å². The maximum Gasteiger partial charge on any atom is 0.341 e. The van der Waals surface area contributed by atoms with Crippen molar-refractivity contribution in [1.82, 2.24) is 5.32 Å². The van der Waals surface area contributed by atoms with Crippen molar-refractivity contribution in [2.24, 2.45) is 0 Å². The number of aryl methyl sites for hydroxylation is 1. The first kappa shape index (κ1) is 21.7. The van der Waals surface area contributed by atoms with Crippen LogP contribution in [-0.2, 0) is 22.4 Å². The fraction of sp³-hybridized carbons (Fsp3) is 0.316. The topological polar surface area (TPSA) is 120 Å². The van der Waals surface area contributed by atoms with E-state index >= 15 is 0 Å². The van der Waals surface area contributed by atoms with E-state index in [1.807, 2.05) is 0 Å². The zero-order chi connectivity index (χ0) is 21.7. The molecule has 158 valence electrons. The Hall–Kier alpha value is -3.05. The molecule has 9 nitrogen and oxygen atoms in total. The van der Waals surface area contributed by atoms with Crippen LogP contribution in [0.15, 0.2) is 24.3 Å². The molecule has 0 saturated heterocycles. The van der Waals surface area contributed by atoms with E-state index in [9.17, 15) is 19.7 Å². The third-order valence-corrected chi connectivity index (χ3v) is 5.87. The number of amides is 1. The second kappa shape index (κ2) is 9.63. The first-order valence-electron chi connectivity index (χ1n) is 9.10. The zero-order valence-electron chi connectivity index (χ0n) is 16.1. The van der Waals surface area contributed by atoms with Crippen LogP contribution in [0.1, 0.15) is 33.6 Å². The normalized spacial score (nSPS) is 12.4. The van der Waals surface area contributed by atoms with Crippen molar-refractivity contribution in [2.45, 2.75) is 25.7 Å². The van der Waals surface area contributed by atoms with Gasteiger partial charge in [0.1, 0.15) is 10.8 Å². The molecule has 1 aromatic heterocycles. The highest BCUT2D eigenvalue weighted by Crippen LogP contribution is 2.38. The van der Waals surface area contributed by atoms with Gasteiger partial charge in [0.15, 0.2) is 11.7 Å². The van der Waals surface area contributed by atoms with Crippen LogP contribution in [0.2, 0.25) is 0 Å². The second-order valence-electron chi connectivity index (χ2n) is 6.45. The number of rotatable bonds is 6. The van der Waals surface area contributed by atoms with Crippen molar-refractivity contribution in [3.63, 3.8) is 0 Å². The number of anilines is 1. The quantitative estimate of drug-likeness (QED) is 0.299. The third-order valence-electron chi connectivity index (χ3n) is 4.46. The smallest absolute Gasteiger partial charge is 0.341 e. The van der Waals surface area contributed by atoms with E-state index in [2.05, 4.69) is 10.6 Å². The van der Waals surface area contributed by atoms with Gasteiger partial charge in [0.2, 0.25) is 0 Å². The van der Waals surface area contributed by atoms with E-state index in [0.717, 1.165) is 36.1 Å². The summed E-state index contributed by atoms with van der Waals surface area (Å²) in [6.07, 6.45) is 3.77. The van der Waals surface area contributed by atoms with Crippen LogP contribution in [0.3, 0.4) is 0 Å². The molecule has 0 radical (unpaired) electrons. The van der Waals surface area contributed by atoms with Crippen LogP contribution in [0.4, 0.5) is 10.7 Å². The lowest BCUT2D eigenvalue weighted by atomic mass is 9.95. The average Bonchev–Trinajstić information content (AvgIpc) is 3.09. The number of nitro groups is 1. The number of thiophene rings is 1. The highest BCUT2D eigenvalue weighted by Gasteiger charge is 2.26. The van der Waals surface area contributed by atoms with Gasteiger partial charge in [-0.1, -0.05) is 0 Å². The lowest BCUT2D eigenvalue weighted by Gasteiger charge is -2.12. The van der Waals surface area contributed by atoms with Crippen LogP contribution in [0.5, 0.6) is 5.75 Å². The molecule has 0 fully saturated rings. The number of thiocarbonyl (C=S) groups is 1. The molecular formula is C19H19N3O6S2. The van der Waals surface area contributed by atoms with Crippen LogP contribution >= 0.6 is 23.6 Å². The molecule has 1 aliphatic carbocycles. The summed E-state index contributed by atoms with van der Waals surface area (Å²) in [7, 11) is 1.33. The highest BCUT2D eigenvalue weighted by atomic mass is 32.1. The van der Waals surface area contributed by atoms with Gasteiger partial charge in [-0.15, -0.1) is 11.3 Å². The number of methoxy groups -OCH3 is 1. The average molecular weight is 450 g/mol. The Balaban J connectivity index is 1.58. The molecular weight excluding hydrogens is 430 g/mol. The number of nitrogens with zero attached hydrogens (tertiary/aromatic N) is 1. The van der Waals surface area contributed by atoms with Gasteiger partial charge in [-0.25, -0.2) is 4.79 Å². The molecule has 0 spiro atoms. The number of hydrogen-bond donors (Lipinski definition) is 2. The van der Waals surface area contributed by atoms with E-state index in [1.54, 1.807) is 0 Å². The predicted octanol–water partition coefficient (Wildman–Crippen LogP) is 3.21. The summed E-state index contributed by atoms with van der Waals surface area (Å²) < 4.78 is 10.2. The zero-order valence-corrected chi connectivity index (χ0v) is 17.7. The Morgan fingerprint density at radius 2 is 1.93 bits per heavy atom. The van der Waals surface area contributed by atoms with Crippen LogP contribution < -0.4 is 15.4 Å². The summed E-state index contributed by atoms with van der Waals surface area (Å²) >= 11 is 6.63. The SMILES string of the molecule is COC(=O)c1c(NC(=S)NC(=O)COc2ccc([N+](=O)[O-])cc2)sc2c1CCCC2. The number of nitro benzene ring substituents is 1. The molecule has 0 aliphatic heterocycles. The largest absolute Gasteiger partial charge is 0.484 e.